The number of nitrogens with zero attached hydrogens (tertiary/aromatic N) is 2. The predicted molar refractivity (Wildman–Crippen MR) is 75.8 cm³/mol. The minimum absolute atomic E-state index is 0.245. The van der Waals surface area contributed by atoms with E-state index >= 15 is 0 Å². The topological polar surface area (TPSA) is 104 Å². The van der Waals surface area contributed by atoms with Crippen LogP contribution in [0.25, 0.3) is 11.2 Å². The minimum Gasteiger partial charge on any atom is -0.396 e. The first-order chi connectivity index (χ1) is 9.74. The van der Waals surface area contributed by atoms with E-state index < -0.39 is 5.69 Å². The van der Waals surface area contributed by atoms with Crippen LogP contribution in [-0.2, 0) is 6.54 Å². The highest BCUT2D eigenvalue weighted by Crippen LogP contribution is 2.05. The Morgan fingerprint density at radius 1 is 1.10 bits per heavy atom. The molecule has 0 radical (unpaired) electrons. The lowest BCUT2D eigenvalue weighted by Crippen LogP contribution is -2.35. The Labute approximate surface area is 115 Å². The van der Waals surface area contributed by atoms with Gasteiger partial charge in [-0.2, -0.15) is 0 Å². The summed E-state index contributed by atoms with van der Waals surface area (Å²) in [6.07, 6.45) is 7.16. The van der Waals surface area contributed by atoms with Crippen molar-refractivity contribution in [2.45, 2.75) is 45.1 Å². The molecule has 0 spiro atoms. The first kappa shape index (κ1) is 14.5. The number of aromatic nitrogens is 4. The maximum Gasteiger partial charge on any atom is 0.330 e. The second-order valence-electron chi connectivity index (χ2n) is 4.86. The summed E-state index contributed by atoms with van der Waals surface area (Å²) in [4.78, 5) is 33.0. The van der Waals surface area contributed by atoms with Crippen LogP contribution < -0.4 is 11.2 Å². The number of aromatic amines is 2. The summed E-state index contributed by atoms with van der Waals surface area (Å²) in [5.41, 5.74) is -0.0794. The van der Waals surface area contributed by atoms with Crippen molar-refractivity contribution in [1.29, 1.82) is 0 Å². The molecule has 20 heavy (non-hydrogen) atoms. The van der Waals surface area contributed by atoms with Crippen molar-refractivity contribution >= 4 is 11.2 Å². The molecule has 2 rings (SSSR count). The third-order valence-corrected chi connectivity index (χ3v) is 3.36. The maximum atomic E-state index is 12.1. The van der Waals surface area contributed by atoms with Gasteiger partial charge < -0.3 is 10.1 Å². The van der Waals surface area contributed by atoms with E-state index in [4.69, 9.17) is 5.11 Å². The van der Waals surface area contributed by atoms with Gasteiger partial charge in [-0.3, -0.25) is 14.3 Å². The third-order valence-electron chi connectivity index (χ3n) is 3.36. The van der Waals surface area contributed by atoms with E-state index in [0.29, 0.717) is 17.7 Å². The molecule has 0 bridgehead atoms. The molecule has 0 aliphatic heterocycles. The number of imidazole rings is 1. The van der Waals surface area contributed by atoms with E-state index in [-0.39, 0.29) is 12.2 Å². The van der Waals surface area contributed by atoms with Gasteiger partial charge in [0.05, 0.1) is 6.33 Å². The smallest absolute Gasteiger partial charge is 0.330 e. The van der Waals surface area contributed by atoms with Gasteiger partial charge >= 0.3 is 5.69 Å². The second kappa shape index (κ2) is 7.04. The van der Waals surface area contributed by atoms with Crippen LogP contribution in [-0.4, -0.2) is 31.2 Å². The summed E-state index contributed by atoms with van der Waals surface area (Å²) in [5.74, 6) is 0. The van der Waals surface area contributed by atoms with Crippen molar-refractivity contribution in [1.82, 2.24) is 19.5 Å². The zero-order valence-electron chi connectivity index (χ0n) is 11.4. The fourth-order valence-corrected chi connectivity index (χ4v) is 2.24. The average Bonchev–Trinajstić information content (AvgIpc) is 2.89. The Hall–Kier alpha value is -1.89. The van der Waals surface area contributed by atoms with E-state index in [2.05, 4.69) is 15.0 Å². The molecule has 0 aliphatic rings. The van der Waals surface area contributed by atoms with Gasteiger partial charge in [0.2, 0.25) is 0 Å². The minimum atomic E-state index is -0.408. The van der Waals surface area contributed by atoms with E-state index in [1.807, 2.05) is 0 Å². The SMILES string of the molecule is O=c1[nH]c2nc[nH]c2c(=O)n1CCCCCCCCO. The van der Waals surface area contributed by atoms with Crippen molar-refractivity contribution in [2.75, 3.05) is 6.61 Å². The Morgan fingerprint density at radius 2 is 1.80 bits per heavy atom. The monoisotopic (exact) mass is 280 g/mol. The Kier molecular flexibility index (Phi) is 5.11. The number of nitrogens with one attached hydrogen (secondary N) is 2. The van der Waals surface area contributed by atoms with Crippen molar-refractivity contribution in [3.05, 3.63) is 27.2 Å². The van der Waals surface area contributed by atoms with Gasteiger partial charge in [0.1, 0.15) is 5.52 Å². The van der Waals surface area contributed by atoms with Crippen LogP contribution in [0.3, 0.4) is 0 Å². The molecular formula is C13H20N4O3. The van der Waals surface area contributed by atoms with Gasteiger partial charge in [-0.25, -0.2) is 9.78 Å². The number of H-pyrrole nitrogens is 2. The van der Waals surface area contributed by atoms with Gasteiger partial charge in [-0.1, -0.05) is 25.7 Å². The fourth-order valence-electron chi connectivity index (χ4n) is 2.24. The van der Waals surface area contributed by atoms with Crippen molar-refractivity contribution < 1.29 is 5.11 Å². The molecule has 0 atom stereocenters. The van der Waals surface area contributed by atoms with Crippen LogP contribution in [0, 0.1) is 0 Å². The molecule has 0 aromatic carbocycles. The van der Waals surface area contributed by atoms with Crippen LogP contribution in [0.1, 0.15) is 38.5 Å². The van der Waals surface area contributed by atoms with Gasteiger partial charge in [0.15, 0.2) is 5.65 Å². The number of rotatable bonds is 8. The molecule has 7 nitrogen and oxygen atoms in total. The molecule has 0 saturated carbocycles. The lowest BCUT2D eigenvalue weighted by molar-refractivity contribution is 0.282. The first-order valence-electron chi connectivity index (χ1n) is 7.01. The van der Waals surface area contributed by atoms with E-state index in [1.54, 1.807) is 0 Å². The highest BCUT2D eigenvalue weighted by Gasteiger charge is 2.08. The van der Waals surface area contributed by atoms with Gasteiger partial charge in [0.25, 0.3) is 5.56 Å². The Morgan fingerprint density at radius 3 is 2.55 bits per heavy atom. The van der Waals surface area contributed by atoms with Crippen LogP contribution in [0.5, 0.6) is 0 Å². The quantitative estimate of drug-likeness (QED) is 0.620. The normalized spacial score (nSPS) is 11.2. The summed E-state index contributed by atoms with van der Waals surface area (Å²) in [6.45, 7) is 0.665. The van der Waals surface area contributed by atoms with Gasteiger partial charge in [-0.05, 0) is 12.8 Å². The predicted octanol–water partition coefficient (Wildman–Crippen LogP) is 0.746. The summed E-state index contributed by atoms with van der Waals surface area (Å²) in [7, 11) is 0. The van der Waals surface area contributed by atoms with Crippen LogP contribution in [0.4, 0.5) is 0 Å². The standard InChI is InChI=1S/C13H20N4O3/c18-8-6-4-2-1-3-5-7-17-12(19)10-11(15-9-14-10)16-13(17)20/h9,18H,1-8H2,(H,14,15)(H,16,20). The Balaban J connectivity index is 1.90. The van der Waals surface area contributed by atoms with Crippen molar-refractivity contribution in [3.8, 4) is 0 Å². The molecule has 2 heterocycles. The molecule has 0 fully saturated rings. The van der Waals surface area contributed by atoms with Crippen molar-refractivity contribution in [2.24, 2.45) is 0 Å². The number of aliphatic hydroxyl groups is 1. The highest BCUT2D eigenvalue weighted by atomic mass is 16.3. The number of unbranched alkanes of at least 4 members (excludes halogenated alkanes) is 5. The van der Waals surface area contributed by atoms with Crippen molar-refractivity contribution in [3.63, 3.8) is 0 Å². The molecule has 2 aromatic heterocycles. The molecule has 7 heteroatoms. The molecule has 110 valence electrons. The zero-order valence-corrected chi connectivity index (χ0v) is 11.4. The summed E-state index contributed by atoms with van der Waals surface area (Å²) < 4.78 is 1.22. The zero-order chi connectivity index (χ0) is 14.4. The van der Waals surface area contributed by atoms with E-state index in [1.165, 1.54) is 10.9 Å². The molecule has 2 aromatic rings. The van der Waals surface area contributed by atoms with Crippen LogP contribution >= 0.6 is 0 Å². The lowest BCUT2D eigenvalue weighted by Gasteiger charge is -2.04. The summed E-state index contributed by atoms with van der Waals surface area (Å²) in [5, 5.41) is 8.66. The summed E-state index contributed by atoms with van der Waals surface area (Å²) >= 11 is 0. The fraction of sp³-hybridized carbons (Fsp3) is 0.615. The summed E-state index contributed by atoms with van der Waals surface area (Å²) in [6, 6.07) is 0. The molecule has 0 saturated heterocycles. The van der Waals surface area contributed by atoms with Gasteiger partial charge in [0, 0.05) is 13.2 Å². The number of fused-ring (bicyclic) bond motifs is 1. The van der Waals surface area contributed by atoms with Gasteiger partial charge in [-0.15, -0.1) is 0 Å². The van der Waals surface area contributed by atoms with Crippen LogP contribution in [0.2, 0.25) is 0 Å². The molecule has 0 aliphatic carbocycles. The number of hydrogen-bond acceptors (Lipinski definition) is 4. The van der Waals surface area contributed by atoms with E-state index in [9.17, 15) is 9.59 Å². The largest absolute Gasteiger partial charge is 0.396 e. The lowest BCUT2D eigenvalue weighted by atomic mass is 10.1. The molecular weight excluding hydrogens is 260 g/mol. The third kappa shape index (κ3) is 3.36. The van der Waals surface area contributed by atoms with Crippen LogP contribution in [0.15, 0.2) is 15.9 Å². The maximum absolute atomic E-state index is 12.1. The molecule has 0 amide bonds. The van der Waals surface area contributed by atoms with E-state index in [0.717, 1.165) is 38.5 Å². The highest BCUT2D eigenvalue weighted by molar-refractivity contribution is 5.67. The average molecular weight is 280 g/mol. The number of aliphatic hydroxyl groups excluding tert-OH is 1. The first-order valence-corrected chi connectivity index (χ1v) is 7.01. The Bertz CT molecular complexity index is 655. The number of hydrogen-bond donors (Lipinski definition) is 3. The molecule has 0 unspecified atom stereocenters. The molecule has 3 N–H and O–H groups in total. The second-order valence-corrected chi connectivity index (χ2v) is 4.86.